The maximum atomic E-state index is 13.0. The third kappa shape index (κ3) is 4.09. The van der Waals surface area contributed by atoms with Gasteiger partial charge in [-0.15, -0.1) is 0 Å². The van der Waals surface area contributed by atoms with E-state index in [4.69, 9.17) is 0 Å². The van der Waals surface area contributed by atoms with Gasteiger partial charge in [0.05, 0.1) is 11.4 Å². The Labute approximate surface area is 178 Å². The van der Waals surface area contributed by atoms with Crippen LogP contribution < -0.4 is 10.2 Å². The molecule has 0 radical (unpaired) electrons. The molecule has 1 saturated heterocycles. The Hall–Kier alpha value is -2.38. The second-order valence-electron chi connectivity index (χ2n) is 8.30. The second-order valence-corrected chi connectivity index (χ2v) is 10.2. The van der Waals surface area contributed by atoms with Crippen LogP contribution in [-0.2, 0) is 21.2 Å². The number of aryl methyl sites for hydroxylation is 1. The number of para-hydroxylation sites is 1. The van der Waals surface area contributed by atoms with Gasteiger partial charge >= 0.3 is 0 Å². The van der Waals surface area contributed by atoms with Crippen LogP contribution in [0.5, 0.6) is 0 Å². The summed E-state index contributed by atoms with van der Waals surface area (Å²) < 4.78 is 27.6. The molecule has 1 amide bonds. The standard InChI is InChI=1S/C23H29N3O3S/c1-17-10-11-20(30(28,29)25-12-6-3-7-13-25)15-21(17)24-23(27)16-26-18(2)14-19-8-4-5-9-22(19)26/h4-5,8-11,15,18H,3,6-7,12-14,16H2,1-2H3,(H,24,27)/t18-/m0/s1. The number of nitrogens with one attached hydrogen (secondary N) is 1. The fraction of sp³-hybridized carbons (Fsp3) is 0.435. The minimum absolute atomic E-state index is 0.144. The Balaban J connectivity index is 1.51. The zero-order valence-electron chi connectivity index (χ0n) is 17.6. The van der Waals surface area contributed by atoms with Crippen LogP contribution in [0, 0.1) is 6.92 Å². The van der Waals surface area contributed by atoms with Crippen molar-refractivity contribution in [3.05, 3.63) is 53.6 Å². The van der Waals surface area contributed by atoms with Crippen molar-refractivity contribution < 1.29 is 13.2 Å². The van der Waals surface area contributed by atoms with Crippen molar-refractivity contribution in [2.24, 2.45) is 0 Å². The maximum Gasteiger partial charge on any atom is 0.243 e. The molecule has 0 bridgehead atoms. The molecule has 0 saturated carbocycles. The number of amides is 1. The first-order valence-electron chi connectivity index (χ1n) is 10.6. The van der Waals surface area contributed by atoms with E-state index in [0.29, 0.717) is 18.8 Å². The van der Waals surface area contributed by atoms with E-state index in [1.807, 2.05) is 25.1 Å². The molecule has 2 aliphatic heterocycles. The van der Waals surface area contributed by atoms with E-state index in [1.54, 1.807) is 22.5 Å². The predicted molar refractivity (Wildman–Crippen MR) is 119 cm³/mol. The quantitative estimate of drug-likeness (QED) is 0.792. The molecular formula is C23H29N3O3S. The number of anilines is 2. The molecule has 0 unspecified atom stereocenters. The summed E-state index contributed by atoms with van der Waals surface area (Å²) in [6.45, 7) is 5.35. The van der Waals surface area contributed by atoms with Crippen molar-refractivity contribution >= 4 is 27.3 Å². The highest BCUT2D eigenvalue weighted by molar-refractivity contribution is 7.89. The first-order chi connectivity index (χ1) is 14.4. The Morgan fingerprint density at radius 2 is 1.83 bits per heavy atom. The number of hydrogen-bond acceptors (Lipinski definition) is 4. The first-order valence-corrected chi connectivity index (χ1v) is 12.1. The van der Waals surface area contributed by atoms with Gasteiger partial charge < -0.3 is 10.2 Å². The van der Waals surface area contributed by atoms with Gasteiger partial charge in [-0.1, -0.05) is 30.7 Å². The summed E-state index contributed by atoms with van der Waals surface area (Å²) in [5, 5.41) is 2.94. The van der Waals surface area contributed by atoms with E-state index in [9.17, 15) is 13.2 Å². The van der Waals surface area contributed by atoms with Crippen LogP contribution in [0.4, 0.5) is 11.4 Å². The van der Waals surface area contributed by atoms with E-state index in [1.165, 1.54) is 5.56 Å². The molecule has 6 nitrogen and oxygen atoms in total. The number of rotatable bonds is 5. The molecule has 160 valence electrons. The van der Waals surface area contributed by atoms with Crippen molar-refractivity contribution in [1.29, 1.82) is 0 Å². The summed E-state index contributed by atoms with van der Waals surface area (Å²) in [5.41, 5.74) is 3.75. The van der Waals surface area contributed by atoms with Gasteiger partial charge in [0.15, 0.2) is 0 Å². The van der Waals surface area contributed by atoms with Crippen molar-refractivity contribution in [2.75, 3.05) is 29.9 Å². The zero-order valence-corrected chi connectivity index (χ0v) is 18.4. The molecule has 2 heterocycles. The van der Waals surface area contributed by atoms with Crippen LogP contribution in [0.25, 0.3) is 0 Å². The lowest BCUT2D eigenvalue weighted by Crippen LogP contribution is -2.37. The van der Waals surface area contributed by atoms with Crippen LogP contribution in [-0.4, -0.2) is 44.3 Å². The lowest BCUT2D eigenvalue weighted by atomic mass is 10.1. The third-order valence-corrected chi connectivity index (χ3v) is 7.99. The minimum Gasteiger partial charge on any atom is -0.359 e. The summed E-state index contributed by atoms with van der Waals surface area (Å²) in [4.78, 5) is 15.2. The van der Waals surface area contributed by atoms with Gasteiger partial charge in [0.1, 0.15) is 0 Å². The van der Waals surface area contributed by atoms with Crippen molar-refractivity contribution in [1.82, 2.24) is 4.31 Å². The highest BCUT2D eigenvalue weighted by Crippen LogP contribution is 2.31. The molecule has 0 aliphatic carbocycles. The SMILES string of the molecule is Cc1ccc(S(=O)(=O)N2CCCCC2)cc1NC(=O)CN1c2ccccc2C[C@@H]1C. The van der Waals surface area contributed by atoms with Crippen LogP contribution >= 0.6 is 0 Å². The molecular weight excluding hydrogens is 398 g/mol. The molecule has 0 spiro atoms. The number of carbonyl (C=O) groups excluding carboxylic acids is 1. The molecule has 0 aromatic heterocycles. The van der Waals surface area contributed by atoms with E-state index >= 15 is 0 Å². The summed E-state index contributed by atoms with van der Waals surface area (Å²) >= 11 is 0. The van der Waals surface area contributed by atoms with Crippen molar-refractivity contribution in [3.63, 3.8) is 0 Å². The highest BCUT2D eigenvalue weighted by atomic mass is 32.2. The number of carbonyl (C=O) groups is 1. The fourth-order valence-electron chi connectivity index (χ4n) is 4.37. The molecule has 2 aromatic rings. The average molecular weight is 428 g/mol. The number of nitrogens with zero attached hydrogens (tertiary/aromatic N) is 2. The van der Waals surface area contributed by atoms with Gasteiger partial charge in [0.25, 0.3) is 0 Å². The smallest absolute Gasteiger partial charge is 0.243 e. The molecule has 1 atom stereocenters. The molecule has 1 fully saturated rings. The Bertz CT molecular complexity index is 1050. The average Bonchev–Trinajstić information content (AvgIpc) is 3.05. The lowest BCUT2D eigenvalue weighted by Gasteiger charge is -2.26. The molecule has 4 rings (SSSR count). The fourth-order valence-corrected chi connectivity index (χ4v) is 5.91. The molecule has 2 aliphatic rings. The van der Waals surface area contributed by atoms with Crippen LogP contribution in [0.1, 0.15) is 37.3 Å². The molecule has 1 N–H and O–H groups in total. The third-order valence-electron chi connectivity index (χ3n) is 6.10. The van der Waals surface area contributed by atoms with Gasteiger partial charge in [-0.2, -0.15) is 4.31 Å². The highest BCUT2D eigenvalue weighted by Gasteiger charge is 2.28. The zero-order chi connectivity index (χ0) is 21.3. The minimum atomic E-state index is -3.54. The normalized spacial score (nSPS) is 19.5. The van der Waals surface area contributed by atoms with Crippen LogP contribution in [0.3, 0.4) is 0 Å². The summed E-state index contributed by atoms with van der Waals surface area (Å²) in [5.74, 6) is -0.144. The number of fused-ring (bicyclic) bond motifs is 1. The predicted octanol–water partition coefficient (Wildman–Crippen LogP) is 3.56. The van der Waals surface area contributed by atoms with Gasteiger partial charge in [-0.05, 0) is 62.4 Å². The number of piperidine rings is 1. The van der Waals surface area contributed by atoms with Gasteiger partial charge in [-0.25, -0.2) is 8.42 Å². The van der Waals surface area contributed by atoms with E-state index in [2.05, 4.69) is 23.2 Å². The molecule has 2 aromatic carbocycles. The van der Waals surface area contributed by atoms with Crippen LogP contribution in [0.2, 0.25) is 0 Å². The Morgan fingerprint density at radius 3 is 2.60 bits per heavy atom. The van der Waals surface area contributed by atoms with Gasteiger partial charge in [-0.3, -0.25) is 4.79 Å². The number of sulfonamides is 1. The molecule has 30 heavy (non-hydrogen) atoms. The molecule has 7 heteroatoms. The largest absolute Gasteiger partial charge is 0.359 e. The van der Waals surface area contributed by atoms with E-state index in [-0.39, 0.29) is 23.4 Å². The summed E-state index contributed by atoms with van der Waals surface area (Å²) in [6, 6.07) is 13.4. The van der Waals surface area contributed by atoms with E-state index in [0.717, 1.165) is 36.9 Å². The monoisotopic (exact) mass is 427 g/mol. The Morgan fingerprint density at radius 1 is 1.10 bits per heavy atom. The van der Waals surface area contributed by atoms with Crippen molar-refractivity contribution in [3.8, 4) is 0 Å². The maximum absolute atomic E-state index is 13.0. The van der Waals surface area contributed by atoms with Gasteiger partial charge in [0, 0.05) is 30.5 Å². The summed E-state index contributed by atoms with van der Waals surface area (Å²) in [6.07, 6.45) is 3.78. The number of benzene rings is 2. The second kappa shape index (κ2) is 8.40. The number of hydrogen-bond donors (Lipinski definition) is 1. The van der Waals surface area contributed by atoms with Crippen LogP contribution in [0.15, 0.2) is 47.4 Å². The van der Waals surface area contributed by atoms with E-state index < -0.39 is 10.0 Å². The Kier molecular flexibility index (Phi) is 5.84. The van der Waals surface area contributed by atoms with Gasteiger partial charge in [0.2, 0.25) is 15.9 Å². The van der Waals surface area contributed by atoms with Crippen molar-refractivity contribution in [2.45, 2.75) is 50.5 Å². The first kappa shape index (κ1) is 20.9. The topological polar surface area (TPSA) is 69.7 Å². The summed E-state index contributed by atoms with van der Waals surface area (Å²) in [7, 11) is -3.54. The lowest BCUT2D eigenvalue weighted by molar-refractivity contribution is -0.115.